The highest BCUT2D eigenvalue weighted by Gasteiger charge is 2.33. The Hall–Kier alpha value is -1.46. The second-order valence-corrected chi connectivity index (χ2v) is 6.01. The Balaban J connectivity index is 1.98. The maximum absolute atomic E-state index is 12.3. The Kier molecular flexibility index (Phi) is 4.40. The summed E-state index contributed by atoms with van der Waals surface area (Å²) < 4.78 is 0. The van der Waals surface area contributed by atoms with Crippen molar-refractivity contribution < 1.29 is 4.79 Å². The molecule has 1 aliphatic heterocycles. The molecule has 4 nitrogen and oxygen atoms in total. The molecule has 0 bridgehead atoms. The Morgan fingerprint density at radius 3 is 2.20 bits per heavy atom. The molecule has 2 N–H and O–H groups in total. The highest BCUT2D eigenvalue weighted by molar-refractivity contribution is 7.80. The molecule has 108 valence electrons. The molecule has 1 aromatic carbocycles. The van der Waals surface area contributed by atoms with E-state index in [0.29, 0.717) is 18.1 Å². The van der Waals surface area contributed by atoms with E-state index in [4.69, 9.17) is 18.0 Å². The van der Waals surface area contributed by atoms with Crippen molar-refractivity contribution in [2.75, 3.05) is 26.2 Å². The van der Waals surface area contributed by atoms with Gasteiger partial charge in [0, 0.05) is 31.7 Å². The first-order valence-corrected chi connectivity index (χ1v) is 7.23. The van der Waals surface area contributed by atoms with Crippen LogP contribution in [-0.4, -0.2) is 52.4 Å². The molecule has 0 aliphatic carbocycles. The summed E-state index contributed by atoms with van der Waals surface area (Å²) in [5, 5.41) is 0. The Morgan fingerprint density at radius 1 is 1.15 bits per heavy atom. The number of carbonyl (C=O) groups is 1. The summed E-state index contributed by atoms with van der Waals surface area (Å²) in [6.07, 6.45) is 0. The van der Waals surface area contributed by atoms with Gasteiger partial charge in [-0.1, -0.05) is 30.4 Å². The zero-order chi connectivity index (χ0) is 14.8. The maximum atomic E-state index is 12.3. The van der Waals surface area contributed by atoms with Crippen LogP contribution in [0, 0.1) is 0 Å². The van der Waals surface area contributed by atoms with Gasteiger partial charge in [-0.05, 0) is 26.0 Å². The van der Waals surface area contributed by atoms with E-state index in [0.717, 1.165) is 18.7 Å². The topological polar surface area (TPSA) is 49.6 Å². The number of nitrogens with two attached hydrogens (primary N) is 1. The number of thiocarbonyl (C=S) groups is 1. The number of carbonyl (C=O) groups excluding carboxylic acids is 1. The fraction of sp³-hybridized carbons (Fsp3) is 0.467. The third-order valence-corrected chi connectivity index (χ3v) is 4.48. The molecule has 0 atom stereocenters. The summed E-state index contributed by atoms with van der Waals surface area (Å²) in [7, 11) is 0. The van der Waals surface area contributed by atoms with Gasteiger partial charge in [-0.15, -0.1) is 0 Å². The average Bonchev–Trinajstić information content (AvgIpc) is 2.47. The van der Waals surface area contributed by atoms with Crippen LogP contribution in [0.15, 0.2) is 30.3 Å². The largest absolute Gasteiger partial charge is 0.392 e. The molecule has 5 heteroatoms. The molecular formula is C15H21N3OS. The van der Waals surface area contributed by atoms with Crippen LogP contribution in [0.2, 0.25) is 0 Å². The number of nitrogens with zero attached hydrogens (tertiary/aromatic N) is 2. The van der Waals surface area contributed by atoms with Gasteiger partial charge >= 0.3 is 0 Å². The number of hydrogen-bond acceptors (Lipinski definition) is 3. The molecule has 1 amide bonds. The first-order valence-electron chi connectivity index (χ1n) is 6.82. The number of piperazine rings is 1. The molecule has 0 unspecified atom stereocenters. The summed E-state index contributed by atoms with van der Waals surface area (Å²) in [6.45, 7) is 7.07. The van der Waals surface area contributed by atoms with Crippen LogP contribution in [0.5, 0.6) is 0 Å². The molecule has 2 rings (SSSR count). The number of amides is 1. The fourth-order valence-electron chi connectivity index (χ4n) is 2.39. The lowest BCUT2D eigenvalue weighted by Crippen LogP contribution is -2.59. The van der Waals surface area contributed by atoms with Crippen LogP contribution < -0.4 is 5.73 Å². The average molecular weight is 291 g/mol. The SMILES string of the molecule is CC(C)(C(N)=S)N1CCN(C(=O)c2ccccc2)CC1. The summed E-state index contributed by atoms with van der Waals surface area (Å²) in [6, 6.07) is 9.40. The van der Waals surface area contributed by atoms with Gasteiger partial charge in [0.25, 0.3) is 5.91 Å². The van der Waals surface area contributed by atoms with Crippen LogP contribution in [0.4, 0.5) is 0 Å². The highest BCUT2D eigenvalue weighted by Crippen LogP contribution is 2.18. The first kappa shape index (κ1) is 14.9. The van der Waals surface area contributed by atoms with Crippen molar-refractivity contribution >= 4 is 23.1 Å². The van der Waals surface area contributed by atoms with Crippen molar-refractivity contribution in [2.24, 2.45) is 5.73 Å². The van der Waals surface area contributed by atoms with E-state index in [1.54, 1.807) is 0 Å². The van der Waals surface area contributed by atoms with E-state index < -0.39 is 0 Å². The highest BCUT2D eigenvalue weighted by atomic mass is 32.1. The lowest BCUT2D eigenvalue weighted by molar-refractivity contribution is 0.0539. The van der Waals surface area contributed by atoms with Crippen molar-refractivity contribution in [1.29, 1.82) is 0 Å². The smallest absolute Gasteiger partial charge is 0.253 e. The molecule has 20 heavy (non-hydrogen) atoms. The molecule has 0 radical (unpaired) electrons. The quantitative estimate of drug-likeness (QED) is 0.858. The lowest BCUT2D eigenvalue weighted by atomic mass is 10.0. The van der Waals surface area contributed by atoms with Gasteiger partial charge in [0.15, 0.2) is 0 Å². The predicted octanol–water partition coefficient (Wildman–Crippen LogP) is 1.51. The fourth-order valence-corrected chi connectivity index (χ4v) is 2.52. The minimum Gasteiger partial charge on any atom is -0.392 e. The second-order valence-electron chi connectivity index (χ2n) is 5.57. The van der Waals surface area contributed by atoms with Gasteiger partial charge in [0.1, 0.15) is 0 Å². The summed E-state index contributed by atoms with van der Waals surface area (Å²) >= 11 is 5.13. The molecule has 0 spiro atoms. The van der Waals surface area contributed by atoms with E-state index in [-0.39, 0.29) is 11.4 Å². The van der Waals surface area contributed by atoms with Crippen LogP contribution in [0.1, 0.15) is 24.2 Å². The molecular weight excluding hydrogens is 270 g/mol. The van der Waals surface area contributed by atoms with Gasteiger partial charge in [0.2, 0.25) is 0 Å². The zero-order valence-electron chi connectivity index (χ0n) is 12.0. The number of hydrogen-bond donors (Lipinski definition) is 1. The monoisotopic (exact) mass is 291 g/mol. The van der Waals surface area contributed by atoms with Gasteiger partial charge in [-0.3, -0.25) is 9.69 Å². The van der Waals surface area contributed by atoms with Crippen molar-refractivity contribution in [2.45, 2.75) is 19.4 Å². The van der Waals surface area contributed by atoms with Crippen molar-refractivity contribution in [1.82, 2.24) is 9.80 Å². The third-order valence-electron chi connectivity index (χ3n) is 3.98. The normalized spacial score (nSPS) is 17.0. The van der Waals surface area contributed by atoms with E-state index in [1.807, 2.05) is 49.1 Å². The summed E-state index contributed by atoms with van der Waals surface area (Å²) in [5.74, 6) is 0.0957. The Morgan fingerprint density at radius 2 is 1.70 bits per heavy atom. The molecule has 1 heterocycles. The van der Waals surface area contributed by atoms with Crippen LogP contribution in [-0.2, 0) is 0 Å². The van der Waals surface area contributed by atoms with Gasteiger partial charge in [0.05, 0.1) is 10.5 Å². The summed E-state index contributed by atoms with van der Waals surface area (Å²) in [4.78, 5) is 17.0. The minimum atomic E-state index is -0.294. The number of benzene rings is 1. The zero-order valence-corrected chi connectivity index (χ0v) is 12.8. The van der Waals surface area contributed by atoms with Crippen LogP contribution in [0.3, 0.4) is 0 Å². The molecule has 1 aromatic rings. The molecule has 0 saturated carbocycles. The molecule has 0 aromatic heterocycles. The van der Waals surface area contributed by atoms with Gasteiger partial charge < -0.3 is 10.6 Å². The number of rotatable bonds is 3. The van der Waals surface area contributed by atoms with E-state index in [1.165, 1.54) is 0 Å². The molecule has 1 aliphatic rings. The van der Waals surface area contributed by atoms with Crippen molar-refractivity contribution in [3.8, 4) is 0 Å². The van der Waals surface area contributed by atoms with Gasteiger partial charge in [-0.2, -0.15) is 0 Å². The molecule has 1 fully saturated rings. The Labute approximate surface area is 125 Å². The maximum Gasteiger partial charge on any atom is 0.253 e. The standard InChI is InChI=1S/C15H21N3OS/c1-15(2,14(16)20)18-10-8-17(9-11-18)13(19)12-6-4-3-5-7-12/h3-7H,8-11H2,1-2H3,(H2,16,20). The third kappa shape index (κ3) is 2.99. The minimum absolute atomic E-state index is 0.0957. The van der Waals surface area contributed by atoms with Gasteiger partial charge in [-0.25, -0.2) is 0 Å². The van der Waals surface area contributed by atoms with E-state index in [9.17, 15) is 4.79 Å². The van der Waals surface area contributed by atoms with E-state index >= 15 is 0 Å². The van der Waals surface area contributed by atoms with Crippen LogP contribution >= 0.6 is 12.2 Å². The molecule has 1 saturated heterocycles. The first-order chi connectivity index (χ1) is 9.43. The van der Waals surface area contributed by atoms with Crippen molar-refractivity contribution in [3.63, 3.8) is 0 Å². The predicted molar refractivity (Wildman–Crippen MR) is 84.8 cm³/mol. The second kappa shape index (κ2) is 5.89. The lowest BCUT2D eigenvalue weighted by Gasteiger charge is -2.43. The van der Waals surface area contributed by atoms with Crippen LogP contribution in [0.25, 0.3) is 0 Å². The summed E-state index contributed by atoms with van der Waals surface area (Å²) in [5.41, 5.74) is 6.25. The Bertz CT molecular complexity index is 493. The van der Waals surface area contributed by atoms with Crippen molar-refractivity contribution in [3.05, 3.63) is 35.9 Å². The van der Waals surface area contributed by atoms with E-state index in [2.05, 4.69) is 4.90 Å².